The van der Waals surface area contributed by atoms with Crippen molar-refractivity contribution in [1.29, 1.82) is 0 Å². The minimum absolute atomic E-state index is 0.515. The quantitative estimate of drug-likeness (QED) is 0.605. The molecular formula is C10H14BrNS. The molecule has 1 atom stereocenters. The third kappa shape index (κ3) is 3.71. The molecule has 1 unspecified atom stereocenters. The van der Waals surface area contributed by atoms with Gasteiger partial charge in [-0.15, -0.1) is 11.8 Å². The molecule has 0 radical (unpaired) electrons. The number of halogens is 1. The molecule has 0 amide bonds. The molecule has 0 aliphatic rings. The van der Waals surface area contributed by atoms with E-state index in [0.717, 1.165) is 4.47 Å². The molecule has 1 rings (SSSR count). The number of rotatable bonds is 3. The number of hydrogen-bond donors (Lipinski definition) is 0. The predicted octanol–water partition coefficient (Wildman–Crippen LogP) is 3.45. The van der Waals surface area contributed by atoms with Gasteiger partial charge in [-0.05, 0) is 45.3 Å². The molecular weight excluding hydrogens is 246 g/mol. The Bertz CT molecular complexity index is 258. The van der Waals surface area contributed by atoms with Crippen LogP contribution in [0.1, 0.15) is 6.92 Å². The van der Waals surface area contributed by atoms with Crippen molar-refractivity contribution < 1.29 is 0 Å². The smallest absolute Gasteiger partial charge is 0.0570 e. The van der Waals surface area contributed by atoms with Crippen molar-refractivity contribution in [3.05, 3.63) is 28.7 Å². The van der Waals surface area contributed by atoms with Gasteiger partial charge < -0.3 is 0 Å². The van der Waals surface area contributed by atoms with E-state index in [1.54, 1.807) is 0 Å². The molecule has 13 heavy (non-hydrogen) atoms. The third-order valence-electron chi connectivity index (χ3n) is 1.85. The summed E-state index contributed by atoms with van der Waals surface area (Å²) in [4.78, 5) is 3.51. The first-order valence-corrected chi connectivity index (χ1v) is 5.85. The first kappa shape index (κ1) is 11.1. The minimum Gasteiger partial charge on any atom is -0.298 e. The van der Waals surface area contributed by atoms with E-state index >= 15 is 0 Å². The summed E-state index contributed by atoms with van der Waals surface area (Å²) in [6, 6.07) is 8.42. The third-order valence-corrected chi connectivity index (χ3v) is 3.68. The van der Waals surface area contributed by atoms with Crippen molar-refractivity contribution in [2.24, 2.45) is 0 Å². The van der Waals surface area contributed by atoms with Crippen LogP contribution in [0.5, 0.6) is 0 Å². The zero-order chi connectivity index (χ0) is 9.84. The van der Waals surface area contributed by atoms with Crippen LogP contribution in [0.15, 0.2) is 33.6 Å². The number of thioether (sulfide) groups is 1. The number of hydrogen-bond acceptors (Lipinski definition) is 2. The molecule has 0 heterocycles. The molecule has 0 bridgehead atoms. The highest BCUT2D eigenvalue weighted by Gasteiger charge is 2.05. The van der Waals surface area contributed by atoms with Crippen molar-refractivity contribution in [3.8, 4) is 0 Å². The van der Waals surface area contributed by atoms with Crippen molar-refractivity contribution >= 4 is 27.7 Å². The average molecular weight is 260 g/mol. The van der Waals surface area contributed by atoms with Crippen LogP contribution in [0.4, 0.5) is 0 Å². The van der Waals surface area contributed by atoms with Crippen LogP contribution in [0, 0.1) is 0 Å². The summed E-state index contributed by atoms with van der Waals surface area (Å²) < 4.78 is 1.13. The molecule has 0 saturated carbocycles. The first-order chi connectivity index (χ1) is 6.09. The zero-order valence-corrected chi connectivity index (χ0v) is 10.5. The highest BCUT2D eigenvalue weighted by Crippen LogP contribution is 2.25. The second-order valence-electron chi connectivity index (χ2n) is 3.13. The summed E-state index contributed by atoms with van der Waals surface area (Å²) in [5.74, 6) is 0. The van der Waals surface area contributed by atoms with Gasteiger partial charge in [-0.1, -0.05) is 15.9 Å². The van der Waals surface area contributed by atoms with Crippen LogP contribution < -0.4 is 0 Å². The average Bonchev–Trinajstić information content (AvgIpc) is 2.08. The standard InChI is InChI=1S/C10H14BrNS/c1-8(12(2)3)13-10-6-4-9(11)5-7-10/h4-8H,1-3H3. The van der Waals surface area contributed by atoms with Gasteiger partial charge in [0, 0.05) is 9.37 Å². The van der Waals surface area contributed by atoms with E-state index in [0.29, 0.717) is 5.37 Å². The summed E-state index contributed by atoms with van der Waals surface area (Å²) >= 11 is 5.29. The Morgan fingerprint density at radius 1 is 1.23 bits per heavy atom. The summed E-state index contributed by atoms with van der Waals surface area (Å²) in [7, 11) is 4.19. The maximum Gasteiger partial charge on any atom is 0.0570 e. The molecule has 1 aromatic carbocycles. The van der Waals surface area contributed by atoms with Gasteiger partial charge >= 0.3 is 0 Å². The zero-order valence-electron chi connectivity index (χ0n) is 8.12. The molecule has 3 heteroatoms. The highest BCUT2D eigenvalue weighted by atomic mass is 79.9. The van der Waals surface area contributed by atoms with Crippen molar-refractivity contribution in [3.63, 3.8) is 0 Å². The topological polar surface area (TPSA) is 3.24 Å². The predicted molar refractivity (Wildman–Crippen MR) is 63.1 cm³/mol. The number of nitrogens with zero attached hydrogens (tertiary/aromatic N) is 1. The van der Waals surface area contributed by atoms with Gasteiger partial charge in [-0.25, -0.2) is 0 Å². The normalized spacial score (nSPS) is 13.3. The Balaban J connectivity index is 2.59. The lowest BCUT2D eigenvalue weighted by atomic mass is 10.4. The maximum absolute atomic E-state index is 3.42. The van der Waals surface area contributed by atoms with Crippen LogP contribution in [0.3, 0.4) is 0 Å². The van der Waals surface area contributed by atoms with Gasteiger partial charge in [0.05, 0.1) is 5.37 Å². The fourth-order valence-electron chi connectivity index (χ4n) is 0.816. The van der Waals surface area contributed by atoms with Gasteiger partial charge in [-0.2, -0.15) is 0 Å². The van der Waals surface area contributed by atoms with Crippen molar-refractivity contribution in [2.45, 2.75) is 17.2 Å². The van der Waals surface area contributed by atoms with Crippen molar-refractivity contribution in [2.75, 3.05) is 14.1 Å². The summed E-state index contributed by atoms with van der Waals surface area (Å²) in [5, 5.41) is 0.515. The molecule has 0 N–H and O–H groups in total. The van der Waals surface area contributed by atoms with E-state index in [2.05, 4.69) is 66.1 Å². The largest absolute Gasteiger partial charge is 0.298 e. The maximum atomic E-state index is 3.42. The summed E-state index contributed by atoms with van der Waals surface area (Å²) in [6.07, 6.45) is 0. The van der Waals surface area contributed by atoms with E-state index in [1.807, 2.05) is 11.8 Å². The first-order valence-electron chi connectivity index (χ1n) is 4.18. The molecule has 0 saturated heterocycles. The van der Waals surface area contributed by atoms with E-state index in [1.165, 1.54) is 4.90 Å². The lowest BCUT2D eigenvalue weighted by molar-refractivity contribution is 0.402. The highest BCUT2D eigenvalue weighted by molar-refractivity contribution is 9.10. The monoisotopic (exact) mass is 259 g/mol. The van der Waals surface area contributed by atoms with Crippen molar-refractivity contribution in [1.82, 2.24) is 4.90 Å². The number of benzene rings is 1. The lowest BCUT2D eigenvalue weighted by Gasteiger charge is -2.18. The van der Waals surface area contributed by atoms with E-state index in [9.17, 15) is 0 Å². The van der Waals surface area contributed by atoms with Gasteiger partial charge in [0.1, 0.15) is 0 Å². The fraction of sp³-hybridized carbons (Fsp3) is 0.400. The molecule has 0 aromatic heterocycles. The molecule has 72 valence electrons. The van der Waals surface area contributed by atoms with Crippen LogP contribution in [-0.2, 0) is 0 Å². The van der Waals surface area contributed by atoms with E-state index < -0.39 is 0 Å². The van der Waals surface area contributed by atoms with Gasteiger partial charge in [-0.3, -0.25) is 4.90 Å². The molecule has 1 aromatic rings. The Kier molecular flexibility index (Phi) is 4.29. The summed E-state index contributed by atoms with van der Waals surface area (Å²) in [5.41, 5.74) is 0. The van der Waals surface area contributed by atoms with Crippen LogP contribution in [0.2, 0.25) is 0 Å². The molecule has 0 aliphatic heterocycles. The Morgan fingerprint density at radius 3 is 2.23 bits per heavy atom. The van der Waals surface area contributed by atoms with Crippen LogP contribution in [0.25, 0.3) is 0 Å². The molecule has 0 aliphatic carbocycles. The fourth-order valence-corrected chi connectivity index (χ4v) is 1.98. The van der Waals surface area contributed by atoms with Gasteiger partial charge in [0.25, 0.3) is 0 Å². The van der Waals surface area contributed by atoms with E-state index in [-0.39, 0.29) is 0 Å². The van der Waals surface area contributed by atoms with Gasteiger partial charge in [0.15, 0.2) is 0 Å². The Labute approximate surface area is 92.6 Å². The molecule has 0 spiro atoms. The second kappa shape index (κ2) is 5.03. The summed E-state index contributed by atoms with van der Waals surface area (Å²) in [6.45, 7) is 2.20. The molecule has 1 nitrogen and oxygen atoms in total. The minimum atomic E-state index is 0.515. The SMILES string of the molecule is CC(Sc1ccc(Br)cc1)N(C)C. The Hall–Kier alpha value is 0.01000. The van der Waals surface area contributed by atoms with E-state index in [4.69, 9.17) is 0 Å². The molecule has 0 fully saturated rings. The second-order valence-corrected chi connectivity index (χ2v) is 5.44. The van der Waals surface area contributed by atoms with Crippen LogP contribution in [-0.4, -0.2) is 24.4 Å². The van der Waals surface area contributed by atoms with Crippen LogP contribution >= 0.6 is 27.7 Å². The lowest BCUT2D eigenvalue weighted by Crippen LogP contribution is -2.20. The Morgan fingerprint density at radius 2 is 1.77 bits per heavy atom. The van der Waals surface area contributed by atoms with Gasteiger partial charge in [0.2, 0.25) is 0 Å².